The van der Waals surface area contributed by atoms with E-state index in [1.165, 1.54) is 0 Å². The van der Waals surface area contributed by atoms with E-state index in [9.17, 15) is 4.79 Å². The van der Waals surface area contributed by atoms with Crippen molar-refractivity contribution in [3.8, 4) is 0 Å². The number of carbonyl (C=O) groups excluding carboxylic acids is 1. The summed E-state index contributed by atoms with van der Waals surface area (Å²) in [6.07, 6.45) is 0. The lowest BCUT2D eigenvalue weighted by atomic mass is 10.2. The van der Waals surface area contributed by atoms with E-state index in [1.807, 2.05) is 0 Å². The lowest BCUT2D eigenvalue weighted by molar-refractivity contribution is 0.0938. The van der Waals surface area contributed by atoms with Crippen molar-refractivity contribution in [2.24, 2.45) is 0 Å². The van der Waals surface area contributed by atoms with Crippen molar-refractivity contribution < 1.29 is 4.79 Å². The normalized spacial score (nSPS) is 12.1. The van der Waals surface area contributed by atoms with Gasteiger partial charge in [-0.25, -0.2) is 0 Å². The number of hydrogen-bond donors (Lipinski definition) is 2. The number of carbonyl (C=O) groups is 1. The summed E-state index contributed by atoms with van der Waals surface area (Å²) in [6, 6.07) is 6.32. The third-order valence-corrected chi connectivity index (χ3v) is 2.46. The Labute approximate surface area is 102 Å². The fraction of sp³-hybridized carbons (Fsp3) is 0.200. The molecule has 7 heteroatoms. The minimum Gasteiger partial charge on any atom is -0.342 e. The van der Waals surface area contributed by atoms with Crippen LogP contribution in [0.1, 0.15) is 29.1 Å². The summed E-state index contributed by atoms with van der Waals surface area (Å²) in [6.45, 7) is 1.78. The van der Waals surface area contributed by atoms with Crippen molar-refractivity contribution >= 4 is 17.5 Å². The van der Waals surface area contributed by atoms with E-state index in [-0.39, 0.29) is 11.9 Å². The minimum absolute atomic E-state index is 0.209. The van der Waals surface area contributed by atoms with Crippen LogP contribution in [0.25, 0.3) is 0 Å². The van der Waals surface area contributed by atoms with Crippen molar-refractivity contribution in [3.05, 3.63) is 40.7 Å². The lowest BCUT2D eigenvalue weighted by Crippen LogP contribution is -2.27. The predicted molar refractivity (Wildman–Crippen MR) is 61.5 cm³/mol. The molecule has 1 unspecified atom stereocenters. The minimum atomic E-state index is -0.308. The molecule has 1 heterocycles. The van der Waals surface area contributed by atoms with Gasteiger partial charge < -0.3 is 5.32 Å². The monoisotopic (exact) mass is 251 g/mol. The highest BCUT2D eigenvalue weighted by Crippen LogP contribution is 2.11. The third kappa shape index (κ3) is 2.79. The molecular weight excluding hydrogens is 242 g/mol. The Kier molecular flexibility index (Phi) is 3.34. The first-order valence-corrected chi connectivity index (χ1v) is 5.34. The lowest BCUT2D eigenvalue weighted by Gasteiger charge is -2.09. The van der Waals surface area contributed by atoms with Gasteiger partial charge in [0.05, 0.1) is 6.04 Å². The van der Waals surface area contributed by atoms with E-state index in [1.54, 1.807) is 31.2 Å². The second-order valence-electron chi connectivity index (χ2n) is 3.47. The highest BCUT2D eigenvalue weighted by molar-refractivity contribution is 6.30. The maximum Gasteiger partial charge on any atom is 0.251 e. The van der Waals surface area contributed by atoms with Gasteiger partial charge in [0.25, 0.3) is 5.91 Å². The molecular formula is C10H10ClN5O. The Morgan fingerprint density at radius 1 is 1.41 bits per heavy atom. The fourth-order valence-electron chi connectivity index (χ4n) is 1.30. The Morgan fingerprint density at radius 3 is 2.71 bits per heavy atom. The molecule has 0 saturated carbocycles. The van der Waals surface area contributed by atoms with E-state index in [2.05, 4.69) is 25.9 Å². The van der Waals surface area contributed by atoms with Gasteiger partial charge >= 0.3 is 0 Å². The van der Waals surface area contributed by atoms with Crippen LogP contribution in [0.15, 0.2) is 24.3 Å². The van der Waals surface area contributed by atoms with Crippen LogP contribution >= 0.6 is 11.6 Å². The van der Waals surface area contributed by atoms with Crippen molar-refractivity contribution in [2.45, 2.75) is 13.0 Å². The molecule has 0 saturated heterocycles. The first kappa shape index (κ1) is 11.5. The molecule has 2 N–H and O–H groups in total. The highest BCUT2D eigenvalue weighted by Gasteiger charge is 2.14. The molecule has 2 rings (SSSR count). The predicted octanol–water partition coefficient (Wildman–Crippen LogP) is 1.34. The molecule has 1 aromatic carbocycles. The molecule has 1 amide bonds. The maximum absolute atomic E-state index is 11.8. The second-order valence-corrected chi connectivity index (χ2v) is 3.91. The molecule has 17 heavy (non-hydrogen) atoms. The number of halogens is 1. The summed E-state index contributed by atoms with van der Waals surface area (Å²) in [7, 11) is 0. The van der Waals surface area contributed by atoms with Gasteiger partial charge in [-0.2, -0.15) is 5.21 Å². The highest BCUT2D eigenvalue weighted by atomic mass is 35.5. The van der Waals surface area contributed by atoms with Crippen LogP contribution in [0.2, 0.25) is 5.02 Å². The van der Waals surface area contributed by atoms with Crippen LogP contribution < -0.4 is 5.32 Å². The zero-order chi connectivity index (χ0) is 12.3. The number of benzene rings is 1. The number of aromatic amines is 1. The summed E-state index contributed by atoms with van der Waals surface area (Å²) >= 11 is 5.74. The standard InChI is InChI=1S/C10H10ClN5O/c1-6(9-13-15-16-14-9)12-10(17)7-2-4-8(11)5-3-7/h2-6H,1H3,(H,12,17)(H,13,14,15,16). The molecule has 0 bridgehead atoms. The van der Waals surface area contributed by atoms with Crippen molar-refractivity contribution in [1.82, 2.24) is 25.9 Å². The van der Waals surface area contributed by atoms with Crippen LogP contribution in [-0.4, -0.2) is 26.5 Å². The van der Waals surface area contributed by atoms with E-state index < -0.39 is 0 Å². The summed E-state index contributed by atoms with van der Waals surface area (Å²) in [4.78, 5) is 11.8. The average Bonchev–Trinajstić information content (AvgIpc) is 2.83. The molecule has 0 radical (unpaired) electrons. The molecule has 0 aliphatic heterocycles. The molecule has 1 atom stereocenters. The largest absolute Gasteiger partial charge is 0.342 e. The Morgan fingerprint density at radius 2 is 2.12 bits per heavy atom. The second kappa shape index (κ2) is 4.92. The summed E-state index contributed by atoms with van der Waals surface area (Å²) in [5.74, 6) is 0.228. The third-order valence-electron chi connectivity index (χ3n) is 2.20. The molecule has 0 aliphatic rings. The van der Waals surface area contributed by atoms with Gasteiger partial charge in [0.2, 0.25) is 0 Å². The van der Waals surface area contributed by atoms with Crippen LogP contribution in [0.4, 0.5) is 0 Å². The zero-order valence-electron chi connectivity index (χ0n) is 9.01. The van der Waals surface area contributed by atoms with Crippen LogP contribution in [-0.2, 0) is 0 Å². The molecule has 1 aromatic heterocycles. The molecule has 0 fully saturated rings. The van der Waals surface area contributed by atoms with Gasteiger partial charge in [0.1, 0.15) is 0 Å². The zero-order valence-corrected chi connectivity index (χ0v) is 9.77. The van der Waals surface area contributed by atoms with Crippen LogP contribution in [0, 0.1) is 0 Å². The van der Waals surface area contributed by atoms with Gasteiger partial charge in [-0.15, -0.1) is 10.2 Å². The smallest absolute Gasteiger partial charge is 0.251 e. The molecule has 88 valence electrons. The Bertz CT molecular complexity index is 496. The molecule has 0 spiro atoms. The van der Waals surface area contributed by atoms with E-state index in [4.69, 9.17) is 11.6 Å². The summed E-state index contributed by atoms with van der Waals surface area (Å²) in [5.41, 5.74) is 0.532. The van der Waals surface area contributed by atoms with Crippen molar-refractivity contribution in [1.29, 1.82) is 0 Å². The summed E-state index contributed by atoms with van der Waals surface area (Å²) in [5, 5.41) is 16.7. The SMILES string of the molecule is CC(NC(=O)c1ccc(Cl)cc1)c1nn[nH]n1. The fourth-order valence-corrected chi connectivity index (χ4v) is 1.42. The van der Waals surface area contributed by atoms with E-state index in [0.29, 0.717) is 16.4 Å². The quantitative estimate of drug-likeness (QED) is 0.862. The Hall–Kier alpha value is -1.95. The van der Waals surface area contributed by atoms with Gasteiger partial charge in [0.15, 0.2) is 5.82 Å². The average molecular weight is 252 g/mol. The molecule has 6 nitrogen and oxygen atoms in total. The first-order chi connectivity index (χ1) is 8.16. The van der Waals surface area contributed by atoms with Crippen molar-refractivity contribution in [3.63, 3.8) is 0 Å². The van der Waals surface area contributed by atoms with Crippen LogP contribution in [0.3, 0.4) is 0 Å². The van der Waals surface area contributed by atoms with Gasteiger partial charge in [-0.05, 0) is 31.2 Å². The molecule has 0 aliphatic carbocycles. The Balaban J connectivity index is 2.04. The van der Waals surface area contributed by atoms with Crippen LogP contribution in [0.5, 0.6) is 0 Å². The van der Waals surface area contributed by atoms with Gasteiger partial charge in [-0.1, -0.05) is 16.8 Å². The maximum atomic E-state index is 11.8. The first-order valence-electron chi connectivity index (χ1n) is 4.96. The number of tetrazole rings is 1. The number of nitrogens with zero attached hydrogens (tertiary/aromatic N) is 3. The number of aromatic nitrogens is 4. The summed E-state index contributed by atoms with van der Waals surface area (Å²) < 4.78 is 0. The number of nitrogens with one attached hydrogen (secondary N) is 2. The van der Waals surface area contributed by atoms with Gasteiger partial charge in [-0.3, -0.25) is 4.79 Å². The number of H-pyrrole nitrogens is 1. The topological polar surface area (TPSA) is 83.6 Å². The number of hydrogen-bond acceptors (Lipinski definition) is 4. The number of rotatable bonds is 3. The molecule has 2 aromatic rings. The number of amides is 1. The van der Waals surface area contributed by atoms with E-state index in [0.717, 1.165) is 0 Å². The van der Waals surface area contributed by atoms with Crippen molar-refractivity contribution in [2.75, 3.05) is 0 Å². The van der Waals surface area contributed by atoms with Gasteiger partial charge in [0, 0.05) is 10.6 Å². The van der Waals surface area contributed by atoms with E-state index >= 15 is 0 Å².